The van der Waals surface area contributed by atoms with E-state index in [9.17, 15) is 13.6 Å². The predicted octanol–water partition coefficient (Wildman–Crippen LogP) is 2.03. The molecule has 13 heavy (non-hydrogen) atoms. The lowest BCUT2D eigenvalue weighted by molar-refractivity contribution is 0.0833. The van der Waals surface area contributed by atoms with Crippen LogP contribution in [0.4, 0.5) is 13.6 Å². The van der Waals surface area contributed by atoms with Gasteiger partial charge in [-0.2, -0.15) is 0 Å². The molecule has 1 aliphatic heterocycles. The van der Waals surface area contributed by atoms with E-state index < -0.39 is 12.5 Å². The highest BCUT2D eigenvalue weighted by Gasteiger charge is 2.24. The molecule has 1 rings (SSSR count). The smallest absolute Gasteiger partial charge is 0.407 e. The van der Waals surface area contributed by atoms with Gasteiger partial charge in [-0.05, 0) is 18.8 Å². The fraction of sp³-hybridized carbons (Fsp3) is 0.875. The first-order valence-electron chi connectivity index (χ1n) is 4.35. The topological polar surface area (TPSA) is 40.5 Å². The molecule has 0 bridgehead atoms. The summed E-state index contributed by atoms with van der Waals surface area (Å²) in [5, 5.41) is 8.58. The van der Waals surface area contributed by atoms with Crippen molar-refractivity contribution in [2.24, 2.45) is 5.92 Å². The normalized spacial score (nSPS) is 19.5. The first-order valence-corrected chi connectivity index (χ1v) is 4.35. The second kappa shape index (κ2) is 4.39. The minimum absolute atomic E-state index is 0.00407. The van der Waals surface area contributed by atoms with E-state index in [1.807, 2.05) is 0 Å². The monoisotopic (exact) mass is 193 g/mol. The number of likely N-dealkylation sites (tertiary alicyclic amines) is 1. The average molecular weight is 193 g/mol. The van der Waals surface area contributed by atoms with Crippen LogP contribution < -0.4 is 0 Å². The van der Waals surface area contributed by atoms with Crippen LogP contribution in [0.15, 0.2) is 0 Å². The van der Waals surface area contributed by atoms with Crippen LogP contribution in [0.3, 0.4) is 0 Å². The van der Waals surface area contributed by atoms with Crippen molar-refractivity contribution in [1.29, 1.82) is 0 Å². The molecule has 1 N–H and O–H groups in total. The summed E-state index contributed by atoms with van der Waals surface area (Å²) in [5.41, 5.74) is 0. The lowest BCUT2D eigenvalue weighted by Crippen LogP contribution is -2.37. The van der Waals surface area contributed by atoms with Gasteiger partial charge < -0.3 is 10.0 Å². The molecular formula is C8H13F2NO2. The van der Waals surface area contributed by atoms with Crippen molar-refractivity contribution in [3.05, 3.63) is 0 Å². The highest BCUT2D eigenvalue weighted by Crippen LogP contribution is 2.23. The molecule has 0 radical (unpaired) electrons. The molecule has 5 heteroatoms. The number of carboxylic acid groups (broad SMARTS) is 1. The van der Waals surface area contributed by atoms with Crippen LogP contribution in [-0.4, -0.2) is 35.6 Å². The molecule has 1 heterocycles. The number of alkyl halides is 2. The van der Waals surface area contributed by atoms with E-state index in [0.717, 1.165) is 0 Å². The Hall–Kier alpha value is -0.870. The second-order valence-corrected chi connectivity index (χ2v) is 3.34. The van der Waals surface area contributed by atoms with Crippen molar-refractivity contribution < 1.29 is 18.7 Å². The van der Waals surface area contributed by atoms with Crippen LogP contribution in [-0.2, 0) is 0 Å². The number of hydrogen-bond donors (Lipinski definition) is 1. The molecule has 1 fully saturated rings. The van der Waals surface area contributed by atoms with E-state index in [0.29, 0.717) is 25.9 Å². The summed E-state index contributed by atoms with van der Waals surface area (Å²) in [6.45, 7) is 0.791. The van der Waals surface area contributed by atoms with Gasteiger partial charge in [-0.1, -0.05) is 0 Å². The lowest BCUT2D eigenvalue weighted by Gasteiger charge is -2.29. The van der Waals surface area contributed by atoms with Crippen molar-refractivity contribution in [2.75, 3.05) is 13.1 Å². The fourth-order valence-corrected chi connectivity index (χ4v) is 1.61. The molecule has 0 aromatic carbocycles. The van der Waals surface area contributed by atoms with Gasteiger partial charge in [0.2, 0.25) is 6.43 Å². The average Bonchev–Trinajstić information content (AvgIpc) is 2.04. The Kier molecular flexibility index (Phi) is 3.45. The van der Waals surface area contributed by atoms with Gasteiger partial charge >= 0.3 is 6.09 Å². The number of nitrogens with zero attached hydrogens (tertiary/aromatic N) is 1. The van der Waals surface area contributed by atoms with Crippen LogP contribution in [0, 0.1) is 5.92 Å². The summed E-state index contributed by atoms with van der Waals surface area (Å²) in [7, 11) is 0. The first-order chi connectivity index (χ1) is 6.09. The van der Waals surface area contributed by atoms with E-state index >= 15 is 0 Å². The molecule has 3 nitrogen and oxygen atoms in total. The molecule has 0 spiro atoms. The summed E-state index contributed by atoms with van der Waals surface area (Å²) >= 11 is 0. The number of piperidine rings is 1. The minimum atomic E-state index is -2.26. The maximum atomic E-state index is 11.9. The number of amides is 1. The number of rotatable bonds is 2. The van der Waals surface area contributed by atoms with Gasteiger partial charge in [0.15, 0.2) is 0 Å². The van der Waals surface area contributed by atoms with Crippen molar-refractivity contribution in [2.45, 2.75) is 25.7 Å². The van der Waals surface area contributed by atoms with Gasteiger partial charge in [0.25, 0.3) is 0 Å². The molecule has 0 aromatic rings. The zero-order chi connectivity index (χ0) is 9.84. The van der Waals surface area contributed by atoms with Crippen molar-refractivity contribution in [3.8, 4) is 0 Å². The zero-order valence-electron chi connectivity index (χ0n) is 7.25. The number of carbonyl (C=O) groups is 1. The van der Waals surface area contributed by atoms with Crippen LogP contribution in [0.5, 0.6) is 0 Å². The molecule has 0 unspecified atom stereocenters. The van der Waals surface area contributed by atoms with Crippen LogP contribution in [0.25, 0.3) is 0 Å². The molecule has 1 saturated heterocycles. The largest absolute Gasteiger partial charge is 0.465 e. The Morgan fingerprint density at radius 2 is 2.00 bits per heavy atom. The summed E-state index contributed by atoms with van der Waals surface area (Å²) in [6.07, 6.45) is -2.17. The van der Waals surface area contributed by atoms with E-state index in [4.69, 9.17) is 5.11 Å². The molecule has 76 valence electrons. The summed E-state index contributed by atoms with van der Waals surface area (Å²) in [5.74, 6) is -0.00407. The Morgan fingerprint density at radius 3 is 2.38 bits per heavy atom. The van der Waals surface area contributed by atoms with Crippen LogP contribution >= 0.6 is 0 Å². The molecule has 0 saturated carbocycles. The maximum absolute atomic E-state index is 11.9. The summed E-state index contributed by atoms with van der Waals surface area (Å²) < 4.78 is 23.9. The summed E-state index contributed by atoms with van der Waals surface area (Å²) in [4.78, 5) is 11.7. The Balaban J connectivity index is 2.26. The van der Waals surface area contributed by atoms with E-state index in [2.05, 4.69) is 0 Å². The van der Waals surface area contributed by atoms with Crippen molar-refractivity contribution >= 4 is 6.09 Å². The van der Waals surface area contributed by atoms with Crippen molar-refractivity contribution in [3.63, 3.8) is 0 Å². The standard InChI is InChI=1S/C8H13F2NO2/c9-7(10)5-6-1-3-11(4-2-6)8(12)13/h6-7H,1-5H2,(H,12,13). The van der Waals surface area contributed by atoms with Gasteiger partial charge in [-0.15, -0.1) is 0 Å². The van der Waals surface area contributed by atoms with Gasteiger partial charge in [0, 0.05) is 19.5 Å². The van der Waals surface area contributed by atoms with E-state index in [-0.39, 0.29) is 12.3 Å². The molecule has 0 aromatic heterocycles. The highest BCUT2D eigenvalue weighted by atomic mass is 19.3. The van der Waals surface area contributed by atoms with Crippen LogP contribution in [0.2, 0.25) is 0 Å². The predicted molar refractivity (Wildman–Crippen MR) is 42.9 cm³/mol. The molecule has 0 atom stereocenters. The number of hydrogen-bond acceptors (Lipinski definition) is 1. The minimum Gasteiger partial charge on any atom is -0.465 e. The highest BCUT2D eigenvalue weighted by molar-refractivity contribution is 5.64. The molecule has 1 amide bonds. The quantitative estimate of drug-likeness (QED) is 0.728. The molecule has 0 aliphatic carbocycles. The van der Waals surface area contributed by atoms with Gasteiger partial charge in [-0.25, -0.2) is 13.6 Å². The Morgan fingerprint density at radius 1 is 1.46 bits per heavy atom. The Bertz CT molecular complexity index is 179. The third kappa shape index (κ3) is 3.16. The third-order valence-corrected chi connectivity index (χ3v) is 2.40. The number of halogens is 2. The molecule has 1 aliphatic rings. The zero-order valence-corrected chi connectivity index (χ0v) is 7.25. The third-order valence-electron chi connectivity index (χ3n) is 2.40. The summed E-state index contributed by atoms with van der Waals surface area (Å²) in [6, 6.07) is 0. The Labute approximate surface area is 75.3 Å². The molecular weight excluding hydrogens is 180 g/mol. The van der Waals surface area contributed by atoms with E-state index in [1.54, 1.807) is 0 Å². The lowest BCUT2D eigenvalue weighted by atomic mass is 9.94. The van der Waals surface area contributed by atoms with Crippen molar-refractivity contribution in [1.82, 2.24) is 4.90 Å². The van der Waals surface area contributed by atoms with Crippen LogP contribution in [0.1, 0.15) is 19.3 Å². The SMILES string of the molecule is O=C(O)N1CCC(CC(F)F)CC1. The van der Waals surface area contributed by atoms with Gasteiger partial charge in [-0.3, -0.25) is 0 Å². The second-order valence-electron chi connectivity index (χ2n) is 3.34. The fourth-order valence-electron chi connectivity index (χ4n) is 1.61. The van der Waals surface area contributed by atoms with Gasteiger partial charge in [0.05, 0.1) is 0 Å². The van der Waals surface area contributed by atoms with Gasteiger partial charge in [0.1, 0.15) is 0 Å². The first kappa shape index (κ1) is 10.2. The van der Waals surface area contributed by atoms with E-state index in [1.165, 1.54) is 4.90 Å². The maximum Gasteiger partial charge on any atom is 0.407 e.